The molecule has 5 heteroatoms. The van der Waals surface area contributed by atoms with E-state index in [9.17, 15) is 9.50 Å². The lowest BCUT2D eigenvalue weighted by Gasteiger charge is -2.33. The molecular formula is C13H19ClFNO2. The van der Waals surface area contributed by atoms with Crippen molar-refractivity contribution in [2.45, 2.75) is 31.4 Å². The maximum absolute atomic E-state index is 13.5. The van der Waals surface area contributed by atoms with Crippen LogP contribution in [0.25, 0.3) is 0 Å². The van der Waals surface area contributed by atoms with Gasteiger partial charge >= 0.3 is 0 Å². The molecule has 1 saturated carbocycles. The number of aliphatic hydroxyl groups is 1. The molecule has 18 heavy (non-hydrogen) atoms. The van der Waals surface area contributed by atoms with E-state index < -0.39 is 18.0 Å². The molecule has 0 unspecified atom stereocenters. The minimum atomic E-state index is -0.587. The third-order valence-electron chi connectivity index (χ3n) is 3.56. The SMILES string of the molecule is COc1ccc([C@@H](N)[C@@H](O)C2CCC2)cc1F.Cl. The highest BCUT2D eigenvalue weighted by Gasteiger charge is 2.30. The van der Waals surface area contributed by atoms with Crippen LogP contribution in [0.5, 0.6) is 5.75 Å². The highest BCUT2D eigenvalue weighted by atomic mass is 35.5. The number of rotatable bonds is 4. The van der Waals surface area contributed by atoms with Gasteiger partial charge in [-0.2, -0.15) is 0 Å². The molecule has 1 aromatic carbocycles. The second kappa shape index (κ2) is 6.36. The van der Waals surface area contributed by atoms with Gasteiger partial charge < -0.3 is 15.6 Å². The molecule has 0 heterocycles. The van der Waals surface area contributed by atoms with Crippen LogP contribution in [-0.2, 0) is 0 Å². The Hall–Kier alpha value is -0.840. The van der Waals surface area contributed by atoms with Gasteiger partial charge in [-0.25, -0.2) is 4.39 Å². The molecule has 3 N–H and O–H groups in total. The minimum absolute atomic E-state index is 0. The maximum atomic E-state index is 13.5. The number of ether oxygens (including phenoxy) is 1. The van der Waals surface area contributed by atoms with Gasteiger partial charge in [0.2, 0.25) is 0 Å². The molecule has 1 aromatic rings. The third kappa shape index (κ3) is 2.94. The van der Waals surface area contributed by atoms with Crippen LogP contribution in [0.4, 0.5) is 4.39 Å². The summed E-state index contributed by atoms with van der Waals surface area (Å²) in [5, 5.41) is 10.0. The fourth-order valence-corrected chi connectivity index (χ4v) is 2.16. The smallest absolute Gasteiger partial charge is 0.165 e. The van der Waals surface area contributed by atoms with E-state index in [0.717, 1.165) is 19.3 Å². The van der Waals surface area contributed by atoms with Gasteiger partial charge in [0.1, 0.15) is 0 Å². The van der Waals surface area contributed by atoms with Gasteiger partial charge in [-0.15, -0.1) is 12.4 Å². The molecule has 0 radical (unpaired) electrons. The average molecular weight is 276 g/mol. The van der Waals surface area contributed by atoms with Gasteiger partial charge in [0, 0.05) is 0 Å². The van der Waals surface area contributed by atoms with Crippen molar-refractivity contribution < 1.29 is 14.2 Å². The molecule has 102 valence electrons. The normalized spacial score (nSPS) is 18.4. The number of aliphatic hydroxyl groups excluding tert-OH is 1. The van der Waals surface area contributed by atoms with Crippen LogP contribution in [0.3, 0.4) is 0 Å². The highest BCUT2D eigenvalue weighted by Crippen LogP contribution is 2.34. The van der Waals surface area contributed by atoms with Crippen molar-refractivity contribution in [2.24, 2.45) is 11.7 Å². The van der Waals surface area contributed by atoms with Crippen molar-refractivity contribution in [1.29, 1.82) is 0 Å². The standard InChI is InChI=1S/C13H18FNO2.ClH/c1-17-11-6-5-9(7-10(11)14)12(15)13(16)8-3-2-4-8;/h5-8,12-13,16H,2-4,15H2,1H3;1H/t12-,13+;/m1./s1. The van der Waals surface area contributed by atoms with E-state index in [1.165, 1.54) is 19.2 Å². The Morgan fingerprint density at radius 1 is 1.44 bits per heavy atom. The zero-order valence-corrected chi connectivity index (χ0v) is 11.1. The first-order valence-corrected chi connectivity index (χ1v) is 5.90. The Bertz CT molecular complexity index is 399. The van der Waals surface area contributed by atoms with Crippen LogP contribution in [0.15, 0.2) is 18.2 Å². The zero-order chi connectivity index (χ0) is 12.4. The van der Waals surface area contributed by atoms with Crippen molar-refractivity contribution in [3.63, 3.8) is 0 Å². The van der Waals surface area contributed by atoms with Crippen LogP contribution in [-0.4, -0.2) is 18.3 Å². The molecule has 0 bridgehead atoms. The first-order chi connectivity index (χ1) is 8.13. The Balaban J connectivity index is 0.00000162. The maximum Gasteiger partial charge on any atom is 0.165 e. The molecule has 1 fully saturated rings. The molecule has 0 amide bonds. The van der Waals surface area contributed by atoms with Gasteiger partial charge in [0.15, 0.2) is 11.6 Å². The Labute approximate surface area is 113 Å². The Morgan fingerprint density at radius 2 is 2.11 bits per heavy atom. The fourth-order valence-electron chi connectivity index (χ4n) is 2.16. The van der Waals surface area contributed by atoms with E-state index in [1.54, 1.807) is 6.07 Å². The average Bonchev–Trinajstić information content (AvgIpc) is 2.25. The summed E-state index contributed by atoms with van der Waals surface area (Å²) in [6.45, 7) is 0. The first kappa shape index (κ1) is 15.2. The van der Waals surface area contributed by atoms with E-state index in [-0.39, 0.29) is 24.1 Å². The topological polar surface area (TPSA) is 55.5 Å². The first-order valence-electron chi connectivity index (χ1n) is 5.90. The number of nitrogens with two attached hydrogens (primary N) is 1. The summed E-state index contributed by atoms with van der Waals surface area (Å²) in [5.41, 5.74) is 6.57. The van der Waals surface area contributed by atoms with Crippen LogP contribution < -0.4 is 10.5 Å². The molecule has 1 aliphatic rings. The lowest BCUT2D eigenvalue weighted by Crippen LogP contribution is -2.36. The van der Waals surface area contributed by atoms with Crippen LogP contribution in [0.1, 0.15) is 30.9 Å². The fraction of sp³-hybridized carbons (Fsp3) is 0.538. The van der Waals surface area contributed by atoms with Gasteiger partial charge in [0.25, 0.3) is 0 Å². The second-order valence-corrected chi connectivity index (χ2v) is 4.60. The summed E-state index contributed by atoms with van der Waals surface area (Å²) >= 11 is 0. The Kier molecular flexibility index (Phi) is 5.38. The van der Waals surface area contributed by atoms with Crippen molar-refractivity contribution in [3.8, 4) is 5.75 Å². The molecule has 0 aliphatic heterocycles. The lowest BCUT2D eigenvalue weighted by molar-refractivity contribution is 0.0413. The predicted octanol–water partition coefficient (Wildman–Crippen LogP) is 2.42. The van der Waals surface area contributed by atoms with Crippen molar-refractivity contribution in [2.75, 3.05) is 7.11 Å². The quantitative estimate of drug-likeness (QED) is 0.887. The molecular weight excluding hydrogens is 257 g/mol. The lowest BCUT2D eigenvalue weighted by atomic mass is 9.77. The van der Waals surface area contributed by atoms with Gasteiger partial charge in [-0.05, 0) is 36.5 Å². The summed E-state index contributed by atoms with van der Waals surface area (Å²) in [4.78, 5) is 0. The second-order valence-electron chi connectivity index (χ2n) is 4.60. The van der Waals surface area contributed by atoms with Gasteiger partial charge in [0.05, 0.1) is 19.3 Å². The van der Waals surface area contributed by atoms with Gasteiger partial charge in [-0.3, -0.25) is 0 Å². The number of hydrogen-bond donors (Lipinski definition) is 2. The summed E-state index contributed by atoms with van der Waals surface area (Å²) in [5.74, 6) is 0.00973. The predicted molar refractivity (Wildman–Crippen MR) is 70.5 cm³/mol. The molecule has 2 atom stereocenters. The summed E-state index contributed by atoms with van der Waals surface area (Å²) < 4.78 is 18.4. The molecule has 0 saturated heterocycles. The van der Waals surface area contributed by atoms with E-state index in [1.807, 2.05) is 0 Å². The molecule has 0 spiro atoms. The molecule has 1 aliphatic carbocycles. The van der Waals surface area contributed by atoms with E-state index in [4.69, 9.17) is 10.5 Å². The van der Waals surface area contributed by atoms with Crippen LogP contribution in [0.2, 0.25) is 0 Å². The molecule has 0 aromatic heterocycles. The summed E-state index contributed by atoms with van der Waals surface area (Å²) in [6, 6.07) is 4.05. The minimum Gasteiger partial charge on any atom is -0.494 e. The molecule has 3 nitrogen and oxygen atoms in total. The number of halogens is 2. The monoisotopic (exact) mass is 275 g/mol. The zero-order valence-electron chi connectivity index (χ0n) is 10.3. The van der Waals surface area contributed by atoms with Crippen molar-refractivity contribution >= 4 is 12.4 Å². The number of methoxy groups -OCH3 is 1. The summed E-state index contributed by atoms with van der Waals surface area (Å²) in [7, 11) is 1.42. The van der Waals surface area contributed by atoms with Crippen LogP contribution >= 0.6 is 12.4 Å². The largest absolute Gasteiger partial charge is 0.494 e. The molecule has 2 rings (SSSR count). The van der Waals surface area contributed by atoms with E-state index in [2.05, 4.69) is 0 Å². The van der Waals surface area contributed by atoms with E-state index >= 15 is 0 Å². The number of benzene rings is 1. The van der Waals surface area contributed by atoms with Crippen molar-refractivity contribution in [3.05, 3.63) is 29.6 Å². The highest BCUT2D eigenvalue weighted by molar-refractivity contribution is 5.85. The van der Waals surface area contributed by atoms with E-state index in [0.29, 0.717) is 5.56 Å². The summed E-state index contributed by atoms with van der Waals surface area (Å²) in [6.07, 6.45) is 2.57. The van der Waals surface area contributed by atoms with Crippen molar-refractivity contribution in [1.82, 2.24) is 0 Å². The van der Waals surface area contributed by atoms with Crippen LogP contribution in [0, 0.1) is 11.7 Å². The third-order valence-corrected chi connectivity index (χ3v) is 3.56. The number of hydrogen-bond acceptors (Lipinski definition) is 3. The van der Waals surface area contributed by atoms with Gasteiger partial charge in [-0.1, -0.05) is 12.5 Å². The Morgan fingerprint density at radius 3 is 2.56 bits per heavy atom.